The SMILES string of the molecule is CCOC(=O)C1CCCCN1c1nc(CC)ns1. The first-order chi connectivity index (χ1) is 8.76. The molecule has 1 aliphatic heterocycles. The van der Waals surface area contributed by atoms with Crippen molar-refractivity contribution in [3.63, 3.8) is 0 Å². The molecule has 1 saturated heterocycles. The van der Waals surface area contributed by atoms with E-state index in [1.165, 1.54) is 11.5 Å². The lowest BCUT2D eigenvalue weighted by atomic mass is 10.0. The summed E-state index contributed by atoms with van der Waals surface area (Å²) in [4.78, 5) is 18.5. The molecule has 0 spiro atoms. The first-order valence-corrected chi connectivity index (χ1v) is 7.29. The Bertz CT molecular complexity index is 408. The Hall–Kier alpha value is -1.17. The Labute approximate surface area is 111 Å². The van der Waals surface area contributed by atoms with E-state index in [2.05, 4.69) is 14.3 Å². The lowest BCUT2D eigenvalue weighted by molar-refractivity contribution is -0.145. The van der Waals surface area contributed by atoms with E-state index in [9.17, 15) is 4.79 Å². The van der Waals surface area contributed by atoms with Crippen LogP contribution >= 0.6 is 11.5 Å². The Morgan fingerprint density at radius 1 is 1.50 bits per heavy atom. The summed E-state index contributed by atoms with van der Waals surface area (Å²) < 4.78 is 9.43. The molecule has 1 aromatic heterocycles. The molecule has 0 radical (unpaired) electrons. The normalized spacial score (nSPS) is 19.9. The van der Waals surface area contributed by atoms with E-state index in [0.29, 0.717) is 6.61 Å². The van der Waals surface area contributed by atoms with Crippen molar-refractivity contribution in [2.24, 2.45) is 0 Å². The molecule has 2 heterocycles. The molecule has 1 unspecified atom stereocenters. The van der Waals surface area contributed by atoms with Crippen molar-refractivity contribution in [1.29, 1.82) is 0 Å². The molecule has 2 rings (SSSR count). The number of hydrogen-bond acceptors (Lipinski definition) is 6. The zero-order valence-electron chi connectivity index (χ0n) is 10.9. The third kappa shape index (κ3) is 2.80. The topological polar surface area (TPSA) is 55.3 Å². The highest BCUT2D eigenvalue weighted by Crippen LogP contribution is 2.27. The number of anilines is 1. The first kappa shape index (κ1) is 13.3. The molecule has 18 heavy (non-hydrogen) atoms. The quantitative estimate of drug-likeness (QED) is 0.783. The number of hydrogen-bond donors (Lipinski definition) is 0. The van der Waals surface area contributed by atoms with E-state index in [1.807, 2.05) is 13.8 Å². The van der Waals surface area contributed by atoms with Gasteiger partial charge in [-0.3, -0.25) is 0 Å². The Morgan fingerprint density at radius 3 is 3.00 bits per heavy atom. The zero-order valence-corrected chi connectivity index (χ0v) is 11.7. The van der Waals surface area contributed by atoms with Crippen LogP contribution in [0.15, 0.2) is 0 Å². The van der Waals surface area contributed by atoms with Crippen LogP contribution < -0.4 is 4.90 Å². The summed E-state index contributed by atoms with van der Waals surface area (Å²) in [5, 5.41) is 0.851. The molecule has 1 fully saturated rings. The maximum Gasteiger partial charge on any atom is 0.328 e. The molecule has 100 valence electrons. The van der Waals surface area contributed by atoms with Crippen LogP contribution in [0.2, 0.25) is 0 Å². The molecule has 6 heteroatoms. The van der Waals surface area contributed by atoms with Crippen LogP contribution in [0.25, 0.3) is 0 Å². The summed E-state index contributed by atoms with van der Waals surface area (Å²) in [5.41, 5.74) is 0. The number of piperidine rings is 1. The van der Waals surface area contributed by atoms with Gasteiger partial charge in [0.2, 0.25) is 5.13 Å². The average molecular weight is 269 g/mol. The molecule has 0 aliphatic carbocycles. The second-order valence-corrected chi connectivity index (χ2v) is 5.03. The standard InChI is InChI=1S/C12H19N3O2S/c1-3-10-13-12(18-14-10)15-8-6-5-7-9(15)11(16)17-4-2/h9H,3-8H2,1-2H3. The summed E-state index contributed by atoms with van der Waals surface area (Å²) in [6.07, 6.45) is 3.84. The molecule has 5 nitrogen and oxygen atoms in total. The van der Waals surface area contributed by atoms with E-state index in [4.69, 9.17) is 4.74 Å². The molecule has 0 bridgehead atoms. The minimum atomic E-state index is -0.184. The number of nitrogens with zero attached hydrogens (tertiary/aromatic N) is 3. The second-order valence-electron chi connectivity index (χ2n) is 4.30. The van der Waals surface area contributed by atoms with Gasteiger partial charge in [0.25, 0.3) is 0 Å². The number of rotatable bonds is 4. The number of ether oxygens (including phenoxy) is 1. The summed E-state index contributed by atoms with van der Waals surface area (Å²) >= 11 is 1.38. The van der Waals surface area contributed by atoms with E-state index < -0.39 is 0 Å². The number of aryl methyl sites for hydroxylation is 1. The maximum atomic E-state index is 12.0. The molecule has 0 N–H and O–H groups in total. The fourth-order valence-electron chi connectivity index (χ4n) is 2.15. The summed E-state index contributed by atoms with van der Waals surface area (Å²) in [5.74, 6) is 0.716. The van der Waals surface area contributed by atoms with Crippen LogP contribution in [0, 0.1) is 0 Å². The van der Waals surface area contributed by atoms with Gasteiger partial charge >= 0.3 is 5.97 Å². The number of aromatic nitrogens is 2. The van der Waals surface area contributed by atoms with E-state index in [0.717, 1.165) is 43.2 Å². The van der Waals surface area contributed by atoms with Crippen molar-refractivity contribution in [3.05, 3.63) is 5.82 Å². The highest BCUT2D eigenvalue weighted by molar-refractivity contribution is 7.09. The molecular weight excluding hydrogens is 250 g/mol. The van der Waals surface area contributed by atoms with Gasteiger partial charge < -0.3 is 9.64 Å². The molecule has 0 aromatic carbocycles. The molecule has 0 saturated carbocycles. The predicted molar refractivity (Wildman–Crippen MR) is 70.9 cm³/mol. The van der Waals surface area contributed by atoms with Gasteiger partial charge in [-0.15, -0.1) is 0 Å². The molecule has 1 aliphatic rings. The zero-order chi connectivity index (χ0) is 13.0. The third-order valence-corrected chi connectivity index (χ3v) is 3.87. The van der Waals surface area contributed by atoms with Crippen LogP contribution in [0.4, 0.5) is 5.13 Å². The summed E-state index contributed by atoms with van der Waals surface area (Å²) in [6, 6.07) is -0.184. The largest absolute Gasteiger partial charge is 0.464 e. The second kappa shape index (κ2) is 6.13. The van der Waals surface area contributed by atoms with Crippen LogP contribution in [-0.2, 0) is 16.0 Å². The maximum absolute atomic E-state index is 12.0. The summed E-state index contributed by atoms with van der Waals surface area (Å²) in [7, 11) is 0. The third-order valence-electron chi connectivity index (χ3n) is 3.08. The number of esters is 1. The first-order valence-electron chi connectivity index (χ1n) is 6.52. The monoisotopic (exact) mass is 269 g/mol. The number of carbonyl (C=O) groups is 1. The van der Waals surface area contributed by atoms with E-state index in [1.54, 1.807) is 0 Å². The lowest BCUT2D eigenvalue weighted by Gasteiger charge is -2.33. The summed E-state index contributed by atoms with van der Waals surface area (Å²) in [6.45, 7) is 5.16. The fraction of sp³-hybridized carbons (Fsp3) is 0.750. The van der Waals surface area contributed by atoms with Gasteiger partial charge in [-0.25, -0.2) is 9.78 Å². The smallest absolute Gasteiger partial charge is 0.328 e. The van der Waals surface area contributed by atoms with Gasteiger partial charge in [-0.2, -0.15) is 4.37 Å². The van der Waals surface area contributed by atoms with Gasteiger partial charge in [0.05, 0.1) is 6.61 Å². The van der Waals surface area contributed by atoms with Crippen LogP contribution in [0.3, 0.4) is 0 Å². The van der Waals surface area contributed by atoms with Crippen molar-refractivity contribution >= 4 is 22.6 Å². The van der Waals surface area contributed by atoms with Gasteiger partial charge in [0.1, 0.15) is 11.9 Å². The van der Waals surface area contributed by atoms with Gasteiger partial charge in [0.15, 0.2) is 0 Å². The van der Waals surface area contributed by atoms with Crippen LogP contribution in [0.5, 0.6) is 0 Å². The molecule has 1 aromatic rings. The van der Waals surface area contributed by atoms with Crippen molar-refractivity contribution in [2.75, 3.05) is 18.1 Å². The van der Waals surface area contributed by atoms with Crippen molar-refractivity contribution in [3.8, 4) is 0 Å². The highest BCUT2D eigenvalue weighted by Gasteiger charge is 2.31. The van der Waals surface area contributed by atoms with Gasteiger partial charge in [-0.1, -0.05) is 6.92 Å². The predicted octanol–water partition coefficient (Wildman–Crippen LogP) is 2.02. The van der Waals surface area contributed by atoms with Crippen molar-refractivity contribution < 1.29 is 9.53 Å². The Kier molecular flexibility index (Phi) is 4.52. The Balaban J connectivity index is 2.14. The molecule has 1 atom stereocenters. The van der Waals surface area contributed by atoms with Crippen molar-refractivity contribution in [2.45, 2.75) is 45.6 Å². The van der Waals surface area contributed by atoms with Crippen LogP contribution in [0.1, 0.15) is 38.9 Å². The number of carbonyl (C=O) groups excluding carboxylic acids is 1. The minimum absolute atomic E-state index is 0.134. The van der Waals surface area contributed by atoms with E-state index >= 15 is 0 Å². The van der Waals surface area contributed by atoms with Crippen LogP contribution in [-0.4, -0.2) is 34.5 Å². The Morgan fingerprint density at radius 2 is 2.33 bits per heavy atom. The van der Waals surface area contributed by atoms with Crippen molar-refractivity contribution in [1.82, 2.24) is 9.36 Å². The average Bonchev–Trinajstić information content (AvgIpc) is 2.87. The lowest BCUT2D eigenvalue weighted by Crippen LogP contribution is -2.45. The van der Waals surface area contributed by atoms with E-state index in [-0.39, 0.29) is 12.0 Å². The minimum Gasteiger partial charge on any atom is -0.464 e. The van der Waals surface area contributed by atoms with Gasteiger partial charge in [0, 0.05) is 24.5 Å². The fourth-order valence-corrected chi connectivity index (χ4v) is 2.98. The highest BCUT2D eigenvalue weighted by atomic mass is 32.1. The molecule has 0 amide bonds. The van der Waals surface area contributed by atoms with Gasteiger partial charge in [-0.05, 0) is 26.2 Å². The molecular formula is C12H19N3O2S.